The smallest absolute Gasteiger partial charge is 0.233 e. The molecular formula is C26H33N5O2S. The van der Waals surface area contributed by atoms with Crippen molar-refractivity contribution in [1.82, 2.24) is 19.7 Å². The van der Waals surface area contributed by atoms with Crippen LogP contribution in [0.15, 0.2) is 53.7 Å². The Morgan fingerprint density at radius 2 is 1.79 bits per heavy atom. The van der Waals surface area contributed by atoms with Gasteiger partial charge in [0.15, 0.2) is 11.0 Å². The molecule has 1 aliphatic heterocycles. The van der Waals surface area contributed by atoms with Crippen molar-refractivity contribution in [3.05, 3.63) is 65.5 Å². The Balaban J connectivity index is 1.28. The number of nitrogens with zero attached hydrogens (tertiary/aromatic N) is 5. The Labute approximate surface area is 206 Å². The number of aryl methyl sites for hydroxylation is 1. The summed E-state index contributed by atoms with van der Waals surface area (Å²) in [5, 5.41) is 9.31. The maximum atomic E-state index is 12.8. The second kappa shape index (κ2) is 11.0. The van der Waals surface area contributed by atoms with Crippen molar-refractivity contribution in [1.29, 1.82) is 0 Å². The number of carbonyl (C=O) groups excluding carboxylic acids is 1. The number of carbonyl (C=O) groups is 1. The van der Waals surface area contributed by atoms with Crippen molar-refractivity contribution in [2.45, 2.75) is 38.5 Å². The van der Waals surface area contributed by atoms with E-state index in [0.29, 0.717) is 18.3 Å². The van der Waals surface area contributed by atoms with E-state index in [1.165, 1.54) is 23.0 Å². The van der Waals surface area contributed by atoms with Gasteiger partial charge in [0.05, 0.1) is 5.75 Å². The first-order valence-electron chi connectivity index (χ1n) is 11.7. The van der Waals surface area contributed by atoms with Gasteiger partial charge in [-0.1, -0.05) is 55.9 Å². The van der Waals surface area contributed by atoms with Crippen LogP contribution in [0, 0.1) is 6.92 Å². The number of hydrogen-bond acceptors (Lipinski definition) is 6. The number of benzene rings is 2. The molecule has 0 unspecified atom stereocenters. The Hall–Kier alpha value is -3.00. The van der Waals surface area contributed by atoms with Crippen LogP contribution in [-0.2, 0) is 18.4 Å². The molecule has 7 nitrogen and oxygen atoms in total. The average Bonchev–Trinajstić information content (AvgIpc) is 3.20. The zero-order valence-electron chi connectivity index (χ0n) is 20.4. The van der Waals surface area contributed by atoms with E-state index in [0.717, 1.165) is 48.5 Å². The van der Waals surface area contributed by atoms with Gasteiger partial charge in [0.2, 0.25) is 5.91 Å². The van der Waals surface area contributed by atoms with E-state index in [9.17, 15) is 4.79 Å². The second-order valence-corrected chi connectivity index (χ2v) is 9.88. The monoisotopic (exact) mass is 479 g/mol. The second-order valence-electron chi connectivity index (χ2n) is 8.93. The van der Waals surface area contributed by atoms with Gasteiger partial charge in [0.25, 0.3) is 0 Å². The zero-order chi connectivity index (χ0) is 24.1. The molecule has 0 saturated carbocycles. The summed E-state index contributed by atoms with van der Waals surface area (Å²) in [5.41, 5.74) is 3.56. The molecule has 1 aliphatic rings. The van der Waals surface area contributed by atoms with Crippen molar-refractivity contribution < 1.29 is 9.53 Å². The quantitative estimate of drug-likeness (QED) is 0.450. The number of aromatic nitrogens is 3. The Bertz CT molecular complexity index is 1110. The standard InChI is InChI=1S/C26H33N5O2S/c1-19(2)22-11-10-20(3)16-23(22)33-17-24-27-28-26(29(24)4)34-18-25(32)31-14-12-30(13-15-31)21-8-6-5-7-9-21/h5-11,16,19H,12-15,17-18H2,1-4H3. The third kappa shape index (κ3) is 5.73. The summed E-state index contributed by atoms with van der Waals surface area (Å²) in [4.78, 5) is 17.0. The third-order valence-electron chi connectivity index (χ3n) is 6.15. The van der Waals surface area contributed by atoms with Crippen molar-refractivity contribution in [3.63, 3.8) is 0 Å². The number of thioether (sulfide) groups is 1. The van der Waals surface area contributed by atoms with Crippen LogP contribution in [0.4, 0.5) is 5.69 Å². The first-order valence-corrected chi connectivity index (χ1v) is 12.7. The van der Waals surface area contributed by atoms with Crippen LogP contribution in [0.3, 0.4) is 0 Å². The van der Waals surface area contributed by atoms with Crippen LogP contribution >= 0.6 is 11.8 Å². The summed E-state index contributed by atoms with van der Waals surface area (Å²) in [6.07, 6.45) is 0. The van der Waals surface area contributed by atoms with E-state index in [4.69, 9.17) is 4.74 Å². The first kappa shape index (κ1) is 24.1. The molecule has 0 aliphatic carbocycles. The fourth-order valence-corrected chi connectivity index (χ4v) is 4.89. The lowest BCUT2D eigenvalue weighted by Crippen LogP contribution is -2.49. The number of ether oxygens (including phenoxy) is 1. The number of rotatable bonds is 8. The Morgan fingerprint density at radius 1 is 1.06 bits per heavy atom. The molecule has 34 heavy (non-hydrogen) atoms. The number of hydrogen-bond donors (Lipinski definition) is 0. The van der Waals surface area contributed by atoms with Crippen LogP contribution in [-0.4, -0.2) is 57.5 Å². The van der Waals surface area contributed by atoms with Crippen LogP contribution in [0.2, 0.25) is 0 Å². The lowest BCUT2D eigenvalue weighted by Gasteiger charge is -2.36. The van der Waals surface area contributed by atoms with Gasteiger partial charge < -0.3 is 19.1 Å². The van der Waals surface area contributed by atoms with Crippen molar-refractivity contribution >= 4 is 23.4 Å². The van der Waals surface area contributed by atoms with Gasteiger partial charge in [-0.25, -0.2) is 0 Å². The van der Waals surface area contributed by atoms with Gasteiger partial charge >= 0.3 is 0 Å². The molecule has 3 aromatic rings. The summed E-state index contributed by atoms with van der Waals surface area (Å²) < 4.78 is 8.03. The van der Waals surface area contributed by atoms with Crippen LogP contribution < -0.4 is 9.64 Å². The lowest BCUT2D eigenvalue weighted by atomic mass is 10.0. The van der Waals surface area contributed by atoms with E-state index >= 15 is 0 Å². The maximum absolute atomic E-state index is 12.8. The van der Waals surface area contributed by atoms with Gasteiger partial charge in [-0.3, -0.25) is 4.79 Å². The summed E-state index contributed by atoms with van der Waals surface area (Å²) in [5.74, 6) is 2.49. The fourth-order valence-electron chi connectivity index (χ4n) is 4.05. The summed E-state index contributed by atoms with van der Waals surface area (Å²) >= 11 is 1.43. The highest BCUT2D eigenvalue weighted by molar-refractivity contribution is 7.99. The minimum absolute atomic E-state index is 0.139. The van der Waals surface area contributed by atoms with E-state index in [-0.39, 0.29) is 5.91 Å². The van der Waals surface area contributed by atoms with Gasteiger partial charge in [0.1, 0.15) is 12.4 Å². The Kier molecular flexibility index (Phi) is 7.77. The largest absolute Gasteiger partial charge is 0.485 e. The number of amides is 1. The van der Waals surface area contributed by atoms with E-state index in [1.54, 1.807) is 0 Å². The number of anilines is 1. The highest BCUT2D eigenvalue weighted by Gasteiger charge is 2.22. The van der Waals surface area contributed by atoms with Gasteiger partial charge in [-0.15, -0.1) is 10.2 Å². The third-order valence-corrected chi connectivity index (χ3v) is 7.16. The van der Waals surface area contributed by atoms with Crippen LogP contribution in [0.25, 0.3) is 0 Å². The molecule has 8 heteroatoms. The minimum atomic E-state index is 0.139. The minimum Gasteiger partial charge on any atom is -0.485 e. The lowest BCUT2D eigenvalue weighted by molar-refractivity contribution is -0.128. The highest BCUT2D eigenvalue weighted by atomic mass is 32.2. The molecular weight excluding hydrogens is 446 g/mol. The molecule has 180 valence electrons. The summed E-state index contributed by atoms with van der Waals surface area (Å²) in [6, 6.07) is 16.7. The van der Waals surface area contributed by atoms with Crippen LogP contribution in [0.1, 0.15) is 36.7 Å². The molecule has 0 atom stereocenters. The molecule has 1 aromatic heterocycles. The molecule has 1 amide bonds. The molecule has 2 aromatic carbocycles. The van der Waals surface area contributed by atoms with Crippen molar-refractivity contribution in [2.24, 2.45) is 7.05 Å². The summed E-state index contributed by atoms with van der Waals surface area (Å²) in [6.45, 7) is 9.89. The predicted molar refractivity (Wildman–Crippen MR) is 137 cm³/mol. The van der Waals surface area contributed by atoms with Gasteiger partial charge in [-0.2, -0.15) is 0 Å². The molecule has 0 radical (unpaired) electrons. The Morgan fingerprint density at radius 3 is 2.50 bits per heavy atom. The molecule has 0 bridgehead atoms. The normalized spacial score (nSPS) is 14.0. The van der Waals surface area contributed by atoms with Crippen molar-refractivity contribution in [2.75, 3.05) is 36.8 Å². The first-order chi connectivity index (χ1) is 16.4. The maximum Gasteiger partial charge on any atom is 0.233 e. The predicted octanol–water partition coefficient (Wildman–Crippen LogP) is 4.27. The van der Waals surface area contributed by atoms with E-state index in [2.05, 4.69) is 66.2 Å². The summed E-state index contributed by atoms with van der Waals surface area (Å²) in [7, 11) is 1.92. The SMILES string of the molecule is Cc1ccc(C(C)C)c(OCc2nnc(SCC(=O)N3CCN(c4ccccc4)CC3)n2C)c1. The number of para-hydroxylation sites is 1. The van der Waals surface area contributed by atoms with E-state index < -0.39 is 0 Å². The fraction of sp³-hybridized carbons (Fsp3) is 0.423. The molecule has 1 saturated heterocycles. The van der Waals surface area contributed by atoms with Gasteiger partial charge in [0, 0.05) is 38.9 Å². The van der Waals surface area contributed by atoms with Gasteiger partial charge in [-0.05, 0) is 42.2 Å². The molecule has 1 fully saturated rings. The number of piperazine rings is 1. The zero-order valence-corrected chi connectivity index (χ0v) is 21.2. The molecule has 2 heterocycles. The average molecular weight is 480 g/mol. The topological polar surface area (TPSA) is 63.5 Å². The molecule has 0 N–H and O–H groups in total. The van der Waals surface area contributed by atoms with E-state index in [1.807, 2.05) is 34.7 Å². The molecule has 4 rings (SSSR count). The van der Waals surface area contributed by atoms with Crippen LogP contribution in [0.5, 0.6) is 5.75 Å². The highest BCUT2D eigenvalue weighted by Crippen LogP contribution is 2.28. The molecule has 0 spiro atoms. The van der Waals surface area contributed by atoms with Crippen molar-refractivity contribution in [3.8, 4) is 5.75 Å².